The van der Waals surface area contributed by atoms with E-state index in [0.717, 1.165) is 16.6 Å². The van der Waals surface area contributed by atoms with Crippen molar-refractivity contribution in [1.29, 1.82) is 0 Å². The minimum atomic E-state index is -0.223. The number of amides is 1. The van der Waals surface area contributed by atoms with E-state index in [2.05, 4.69) is 15.5 Å². The van der Waals surface area contributed by atoms with Gasteiger partial charge in [-0.25, -0.2) is 0 Å². The van der Waals surface area contributed by atoms with Crippen LogP contribution in [0.3, 0.4) is 0 Å². The average Bonchev–Trinajstić information content (AvgIpc) is 2.97. The maximum atomic E-state index is 12.1. The smallest absolute Gasteiger partial charge is 0.260 e. The highest BCUT2D eigenvalue weighted by molar-refractivity contribution is 6.11. The molecule has 0 aliphatic heterocycles. The number of nitrogens with zero attached hydrogens (tertiary/aromatic N) is 1. The summed E-state index contributed by atoms with van der Waals surface area (Å²) in [7, 11) is 0. The fraction of sp³-hybridized carbons (Fsp3) is 0.0769. The predicted octanol–water partition coefficient (Wildman–Crippen LogP) is 2.72. The summed E-state index contributed by atoms with van der Waals surface area (Å²) in [6, 6.07) is 9.15. The molecule has 2 N–H and O–H groups in total. The molecule has 90 valence electrons. The summed E-state index contributed by atoms with van der Waals surface area (Å²) >= 11 is 0. The topological polar surface area (TPSA) is 70.9 Å². The van der Waals surface area contributed by atoms with Crippen molar-refractivity contribution < 1.29 is 9.32 Å². The number of aromatic amines is 1. The lowest BCUT2D eigenvalue weighted by Gasteiger charge is -2.02. The molecule has 0 aliphatic rings. The summed E-state index contributed by atoms with van der Waals surface area (Å²) in [5.41, 5.74) is 2.11. The van der Waals surface area contributed by atoms with Crippen LogP contribution in [0.15, 0.2) is 41.1 Å². The van der Waals surface area contributed by atoms with Crippen LogP contribution in [0.4, 0.5) is 5.88 Å². The second-order valence-corrected chi connectivity index (χ2v) is 4.03. The van der Waals surface area contributed by atoms with E-state index in [-0.39, 0.29) is 5.91 Å². The lowest BCUT2D eigenvalue weighted by atomic mass is 10.1. The number of rotatable bonds is 2. The van der Waals surface area contributed by atoms with Crippen LogP contribution in [0.1, 0.15) is 16.1 Å². The molecule has 2 heterocycles. The third-order valence-corrected chi connectivity index (χ3v) is 2.70. The monoisotopic (exact) mass is 241 g/mol. The minimum Gasteiger partial charge on any atom is -0.361 e. The van der Waals surface area contributed by atoms with Gasteiger partial charge in [-0.05, 0) is 19.1 Å². The Balaban J connectivity index is 1.94. The number of nitrogens with one attached hydrogen (secondary N) is 2. The van der Waals surface area contributed by atoms with E-state index in [1.807, 2.05) is 18.2 Å². The second kappa shape index (κ2) is 4.03. The fourth-order valence-electron chi connectivity index (χ4n) is 1.88. The summed E-state index contributed by atoms with van der Waals surface area (Å²) in [5.74, 6) is 0.125. The first-order valence-corrected chi connectivity index (χ1v) is 5.55. The van der Waals surface area contributed by atoms with Gasteiger partial charge in [0.1, 0.15) is 0 Å². The first-order chi connectivity index (χ1) is 8.74. The number of carbonyl (C=O) groups is 1. The first kappa shape index (κ1) is 10.6. The van der Waals surface area contributed by atoms with Crippen molar-refractivity contribution >= 4 is 22.7 Å². The summed E-state index contributed by atoms with van der Waals surface area (Å²) in [6.07, 6.45) is 1.81. The normalized spacial score (nSPS) is 10.7. The maximum Gasteiger partial charge on any atom is 0.260 e. The molecule has 0 unspecified atom stereocenters. The molecular weight excluding hydrogens is 230 g/mol. The summed E-state index contributed by atoms with van der Waals surface area (Å²) in [5, 5.41) is 7.39. The van der Waals surface area contributed by atoms with Crippen molar-refractivity contribution in [1.82, 2.24) is 10.1 Å². The Morgan fingerprint density at radius 3 is 3.06 bits per heavy atom. The molecule has 18 heavy (non-hydrogen) atoms. The van der Waals surface area contributed by atoms with Crippen molar-refractivity contribution in [3.8, 4) is 0 Å². The molecular formula is C13H11N3O2. The number of benzene rings is 1. The molecule has 3 rings (SSSR count). The number of fused-ring (bicyclic) bond motifs is 1. The van der Waals surface area contributed by atoms with E-state index in [0.29, 0.717) is 11.4 Å². The summed E-state index contributed by atoms with van der Waals surface area (Å²) in [6.45, 7) is 1.80. The van der Waals surface area contributed by atoms with Crippen LogP contribution in [0.25, 0.3) is 10.9 Å². The van der Waals surface area contributed by atoms with Crippen LogP contribution in [-0.4, -0.2) is 16.0 Å². The van der Waals surface area contributed by atoms with Gasteiger partial charge in [-0.2, -0.15) is 0 Å². The zero-order valence-electron chi connectivity index (χ0n) is 9.73. The zero-order chi connectivity index (χ0) is 12.5. The van der Waals surface area contributed by atoms with Crippen LogP contribution in [0.5, 0.6) is 0 Å². The number of hydrogen-bond acceptors (Lipinski definition) is 3. The molecule has 0 radical (unpaired) electrons. The van der Waals surface area contributed by atoms with Gasteiger partial charge in [0.25, 0.3) is 5.91 Å². The van der Waals surface area contributed by atoms with Gasteiger partial charge in [0, 0.05) is 17.6 Å². The molecule has 1 aromatic carbocycles. The van der Waals surface area contributed by atoms with Crippen LogP contribution >= 0.6 is 0 Å². The van der Waals surface area contributed by atoms with Gasteiger partial charge in [-0.15, -0.1) is 0 Å². The highest BCUT2D eigenvalue weighted by Gasteiger charge is 2.12. The lowest BCUT2D eigenvalue weighted by Crippen LogP contribution is -2.11. The summed E-state index contributed by atoms with van der Waals surface area (Å²) < 4.78 is 4.96. The standard InChI is InChI=1S/C13H11N3O2/c1-8-7-11(18-16-8)15-13(17)10-4-2-3-9-5-6-14-12(9)10/h2-7,14H,1H3,(H,15,17). The zero-order valence-corrected chi connectivity index (χ0v) is 9.73. The Kier molecular flexibility index (Phi) is 2.37. The fourth-order valence-corrected chi connectivity index (χ4v) is 1.88. The van der Waals surface area contributed by atoms with Crippen LogP contribution in [0.2, 0.25) is 0 Å². The molecule has 5 heteroatoms. The highest BCUT2D eigenvalue weighted by Crippen LogP contribution is 2.18. The Morgan fingerprint density at radius 2 is 2.28 bits per heavy atom. The molecule has 1 amide bonds. The highest BCUT2D eigenvalue weighted by atomic mass is 16.5. The Morgan fingerprint density at radius 1 is 1.39 bits per heavy atom. The van der Waals surface area contributed by atoms with Crippen molar-refractivity contribution in [2.75, 3.05) is 5.32 Å². The average molecular weight is 241 g/mol. The van der Waals surface area contributed by atoms with Crippen LogP contribution in [-0.2, 0) is 0 Å². The third kappa shape index (κ3) is 1.75. The van der Waals surface area contributed by atoms with E-state index in [1.165, 1.54) is 0 Å². The van der Waals surface area contributed by atoms with E-state index in [9.17, 15) is 4.79 Å². The summed E-state index contributed by atoms with van der Waals surface area (Å²) in [4.78, 5) is 15.2. The molecule has 0 bridgehead atoms. The van der Waals surface area contributed by atoms with Crippen molar-refractivity contribution in [3.63, 3.8) is 0 Å². The van der Waals surface area contributed by atoms with Gasteiger partial charge in [0.05, 0.1) is 16.8 Å². The van der Waals surface area contributed by atoms with Crippen molar-refractivity contribution in [2.45, 2.75) is 6.92 Å². The lowest BCUT2D eigenvalue weighted by molar-refractivity contribution is 0.102. The SMILES string of the molecule is Cc1cc(NC(=O)c2cccc3cc[nH]c23)on1. The quantitative estimate of drug-likeness (QED) is 0.724. The number of hydrogen-bond donors (Lipinski definition) is 2. The number of para-hydroxylation sites is 1. The number of carbonyl (C=O) groups excluding carboxylic acids is 1. The largest absolute Gasteiger partial charge is 0.361 e. The molecule has 2 aromatic heterocycles. The van der Waals surface area contributed by atoms with Crippen molar-refractivity contribution in [2.24, 2.45) is 0 Å². The second-order valence-electron chi connectivity index (χ2n) is 4.03. The van der Waals surface area contributed by atoms with Gasteiger partial charge in [0.2, 0.25) is 5.88 Å². The molecule has 0 saturated carbocycles. The van der Waals surface area contributed by atoms with Gasteiger partial charge < -0.3 is 9.51 Å². The molecule has 5 nitrogen and oxygen atoms in total. The number of anilines is 1. The van der Waals surface area contributed by atoms with E-state index >= 15 is 0 Å². The molecule has 0 fully saturated rings. The van der Waals surface area contributed by atoms with Crippen molar-refractivity contribution in [3.05, 3.63) is 47.8 Å². The molecule has 0 atom stereocenters. The van der Waals surface area contributed by atoms with Gasteiger partial charge in [0.15, 0.2) is 0 Å². The molecule has 0 saturated heterocycles. The Labute approximate surface area is 103 Å². The van der Waals surface area contributed by atoms with Crippen LogP contribution < -0.4 is 5.32 Å². The van der Waals surface area contributed by atoms with Gasteiger partial charge in [-0.3, -0.25) is 10.1 Å². The molecule has 0 aliphatic carbocycles. The molecule has 0 spiro atoms. The third-order valence-electron chi connectivity index (χ3n) is 2.70. The Bertz CT molecular complexity index is 712. The number of aromatic nitrogens is 2. The van der Waals surface area contributed by atoms with E-state index in [1.54, 1.807) is 25.3 Å². The van der Waals surface area contributed by atoms with Gasteiger partial charge in [-0.1, -0.05) is 17.3 Å². The van der Waals surface area contributed by atoms with E-state index < -0.39 is 0 Å². The van der Waals surface area contributed by atoms with Gasteiger partial charge >= 0.3 is 0 Å². The first-order valence-electron chi connectivity index (χ1n) is 5.55. The Hall–Kier alpha value is -2.56. The molecule has 3 aromatic rings. The number of H-pyrrole nitrogens is 1. The maximum absolute atomic E-state index is 12.1. The van der Waals surface area contributed by atoms with Crippen LogP contribution in [0, 0.1) is 6.92 Å². The number of aryl methyl sites for hydroxylation is 1. The van der Waals surface area contributed by atoms with E-state index in [4.69, 9.17) is 4.52 Å². The predicted molar refractivity (Wildman–Crippen MR) is 67.5 cm³/mol. The minimum absolute atomic E-state index is 0.223.